The van der Waals surface area contributed by atoms with Crippen LogP contribution in [0.25, 0.3) is 16.8 Å². The van der Waals surface area contributed by atoms with Crippen molar-refractivity contribution in [3.8, 4) is 16.8 Å². The summed E-state index contributed by atoms with van der Waals surface area (Å²) in [5, 5.41) is 13.4. The summed E-state index contributed by atoms with van der Waals surface area (Å²) in [6.45, 7) is 0. The maximum Gasteiger partial charge on any atom is 0.336 e. The Bertz CT molecular complexity index is 731. The maximum absolute atomic E-state index is 11.2. The highest BCUT2D eigenvalue weighted by molar-refractivity contribution is 5.96. The summed E-state index contributed by atoms with van der Waals surface area (Å²) in [6, 6.07) is 16.5. The fourth-order valence-corrected chi connectivity index (χ4v) is 2.14. The summed E-state index contributed by atoms with van der Waals surface area (Å²) in [6.07, 6.45) is 3.58. The van der Waals surface area contributed by atoms with Crippen molar-refractivity contribution in [2.75, 3.05) is 0 Å². The second-order valence-corrected chi connectivity index (χ2v) is 4.35. The molecule has 1 heterocycles. The average molecular weight is 264 g/mol. The summed E-state index contributed by atoms with van der Waals surface area (Å²) >= 11 is 0. The van der Waals surface area contributed by atoms with Gasteiger partial charge in [-0.15, -0.1) is 0 Å². The fraction of sp³-hybridized carbons (Fsp3) is 0. The number of aromatic nitrogens is 2. The van der Waals surface area contributed by atoms with Crippen LogP contribution in [0.2, 0.25) is 0 Å². The first-order valence-electron chi connectivity index (χ1n) is 6.18. The van der Waals surface area contributed by atoms with Crippen LogP contribution in [0.1, 0.15) is 10.4 Å². The summed E-state index contributed by atoms with van der Waals surface area (Å²) < 4.78 is 1.76. The summed E-state index contributed by atoms with van der Waals surface area (Å²) in [5.41, 5.74) is 2.83. The van der Waals surface area contributed by atoms with Crippen molar-refractivity contribution in [1.82, 2.24) is 9.78 Å². The van der Waals surface area contributed by atoms with Gasteiger partial charge in [0.1, 0.15) is 0 Å². The van der Waals surface area contributed by atoms with E-state index in [1.165, 1.54) is 0 Å². The Morgan fingerprint density at radius 1 is 1.00 bits per heavy atom. The molecule has 0 atom stereocenters. The van der Waals surface area contributed by atoms with Crippen LogP contribution in [0.5, 0.6) is 0 Å². The third kappa shape index (κ3) is 2.19. The van der Waals surface area contributed by atoms with Crippen LogP contribution in [0.3, 0.4) is 0 Å². The van der Waals surface area contributed by atoms with Gasteiger partial charge in [-0.3, -0.25) is 0 Å². The molecule has 4 heteroatoms. The zero-order valence-corrected chi connectivity index (χ0v) is 10.6. The molecular formula is C16H12N2O2. The lowest BCUT2D eigenvalue weighted by molar-refractivity contribution is 0.0697. The first-order chi connectivity index (χ1) is 9.75. The molecule has 0 saturated carbocycles. The van der Waals surface area contributed by atoms with E-state index in [0.29, 0.717) is 11.1 Å². The fourth-order valence-electron chi connectivity index (χ4n) is 2.14. The van der Waals surface area contributed by atoms with Crippen LogP contribution in [-0.2, 0) is 0 Å². The highest BCUT2D eigenvalue weighted by Crippen LogP contribution is 2.24. The number of rotatable bonds is 3. The lowest BCUT2D eigenvalue weighted by Gasteiger charge is -2.07. The van der Waals surface area contributed by atoms with E-state index in [1.54, 1.807) is 23.0 Å². The number of aromatic carboxylic acids is 1. The molecule has 0 unspecified atom stereocenters. The highest BCUT2D eigenvalue weighted by Gasteiger charge is 2.10. The predicted molar refractivity (Wildman–Crippen MR) is 76.0 cm³/mol. The van der Waals surface area contributed by atoms with Crippen molar-refractivity contribution in [2.45, 2.75) is 0 Å². The number of benzene rings is 2. The molecule has 0 radical (unpaired) electrons. The van der Waals surface area contributed by atoms with Crippen LogP contribution in [0, 0.1) is 0 Å². The number of carbonyl (C=O) groups is 1. The molecule has 0 amide bonds. The van der Waals surface area contributed by atoms with E-state index < -0.39 is 5.97 Å². The average Bonchev–Trinajstić information content (AvgIpc) is 3.02. The van der Waals surface area contributed by atoms with E-state index in [0.717, 1.165) is 11.3 Å². The Hall–Kier alpha value is -2.88. The van der Waals surface area contributed by atoms with E-state index in [9.17, 15) is 9.90 Å². The van der Waals surface area contributed by atoms with Crippen LogP contribution in [0.4, 0.5) is 0 Å². The molecule has 98 valence electrons. The topological polar surface area (TPSA) is 55.1 Å². The number of nitrogens with zero attached hydrogens (tertiary/aromatic N) is 2. The Balaban J connectivity index is 2.02. The highest BCUT2D eigenvalue weighted by atomic mass is 16.4. The number of carboxylic acids is 1. The number of carboxylic acid groups (broad SMARTS) is 1. The van der Waals surface area contributed by atoms with Gasteiger partial charge >= 0.3 is 5.97 Å². The molecule has 0 aliphatic carbocycles. The largest absolute Gasteiger partial charge is 0.478 e. The minimum absolute atomic E-state index is 0.305. The molecule has 20 heavy (non-hydrogen) atoms. The van der Waals surface area contributed by atoms with Gasteiger partial charge in [-0.1, -0.05) is 30.3 Å². The molecule has 4 nitrogen and oxygen atoms in total. The van der Waals surface area contributed by atoms with Gasteiger partial charge in [-0.2, -0.15) is 5.10 Å². The third-order valence-corrected chi connectivity index (χ3v) is 3.10. The summed E-state index contributed by atoms with van der Waals surface area (Å²) in [5.74, 6) is -0.920. The monoisotopic (exact) mass is 264 g/mol. The van der Waals surface area contributed by atoms with Crippen molar-refractivity contribution in [3.63, 3.8) is 0 Å². The molecule has 1 N–H and O–H groups in total. The van der Waals surface area contributed by atoms with E-state index in [1.807, 2.05) is 48.7 Å². The molecule has 2 aromatic carbocycles. The van der Waals surface area contributed by atoms with Crippen molar-refractivity contribution in [3.05, 3.63) is 72.6 Å². The SMILES string of the molecule is O=C(O)c1ccccc1-c1ccc(-n2cccn2)cc1. The van der Waals surface area contributed by atoms with Crippen molar-refractivity contribution < 1.29 is 9.90 Å². The first-order valence-corrected chi connectivity index (χ1v) is 6.18. The van der Waals surface area contributed by atoms with Crippen LogP contribution in [-0.4, -0.2) is 20.9 Å². The Morgan fingerprint density at radius 3 is 2.40 bits per heavy atom. The number of hydrogen-bond acceptors (Lipinski definition) is 2. The molecule has 3 aromatic rings. The quantitative estimate of drug-likeness (QED) is 0.790. The normalized spacial score (nSPS) is 10.4. The molecule has 0 saturated heterocycles. The predicted octanol–water partition coefficient (Wildman–Crippen LogP) is 3.24. The lowest BCUT2D eigenvalue weighted by atomic mass is 9.99. The number of hydrogen-bond donors (Lipinski definition) is 1. The van der Waals surface area contributed by atoms with Crippen LogP contribution < -0.4 is 0 Å². The summed E-state index contributed by atoms with van der Waals surface area (Å²) in [7, 11) is 0. The standard InChI is InChI=1S/C16H12N2O2/c19-16(20)15-5-2-1-4-14(15)12-6-8-13(9-7-12)18-11-3-10-17-18/h1-11H,(H,19,20). The smallest absolute Gasteiger partial charge is 0.336 e. The van der Waals surface area contributed by atoms with Gasteiger partial charge in [-0.05, 0) is 35.4 Å². The van der Waals surface area contributed by atoms with Gasteiger partial charge in [0, 0.05) is 12.4 Å². The van der Waals surface area contributed by atoms with Crippen molar-refractivity contribution >= 4 is 5.97 Å². The van der Waals surface area contributed by atoms with Gasteiger partial charge in [0.15, 0.2) is 0 Å². The van der Waals surface area contributed by atoms with Gasteiger partial charge in [0.2, 0.25) is 0 Å². The molecular weight excluding hydrogens is 252 g/mol. The maximum atomic E-state index is 11.2. The van der Waals surface area contributed by atoms with E-state index in [2.05, 4.69) is 5.10 Å². The Morgan fingerprint density at radius 2 is 1.75 bits per heavy atom. The molecule has 0 bridgehead atoms. The first kappa shape index (κ1) is 12.2. The lowest BCUT2D eigenvalue weighted by Crippen LogP contribution is -1.99. The molecule has 0 aliphatic rings. The van der Waals surface area contributed by atoms with Gasteiger partial charge in [0.05, 0.1) is 11.3 Å². The van der Waals surface area contributed by atoms with E-state index in [4.69, 9.17) is 0 Å². The van der Waals surface area contributed by atoms with Crippen molar-refractivity contribution in [1.29, 1.82) is 0 Å². The zero-order valence-electron chi connectivity index (χ0n) is 10.6. The molecule has 1 aromatic heterocycles. The van der Waals surface area contributed by atoms with Crippen LogP contribution in [0.15, 0.2) is 67.0 Å². The van der Waals surface area contributed by atoms with Gasteiger partial charge < -0.3 is 5.11 Å². The second-order valence-electron chi connectivity index (χ2n) is 4.35. The van der Waals surface area contributed by atoms with Crippen molar-refractivity contribution in [2.24, 2.45) is 0 Å². The minimum Gasteiger partial charge on any atom is -0.478 e. The zero-order chi connectivity index (χ0) is 13.9. The van der Waals surface area contributed by atoms with E-state index >= 15 is 0 Å². The Labute approximate surface area is 115 Å². The molecule has 0 spiro atoms. The molecule has 0 fully saturated rings. The third-order valence-electron chi connectivity index (χ3n) is 3.10. The van der Waals surface area contributed by atoms with Gasteiger partial charge in [0.25, 0.3) is 0 Å². The Kier molecular flexibility index (Phi) is 3.05. The minimum atomic E-state index is -0.920. The second kappa shape index (κ2) is 5.01. The van der Waals surface area contributed by atoms with Crippen LogP contribution >= 0.6 is 0 Å². The van der Waals surface area contributed by atoms with Gasteiger partial charge in [-0.25, -0.2) is 9.48 Å². The molecule has 0 aliphatic heterocycles. The van der Waals surface area contributed by atoms with E-state index in [-0.39, 0.29) is 0 Å². The molecule has 3 rings (SSSR count). The summed E-state index contributed by atoms with van der Waals surface area (Å²) in [4.78, 5) is 11.2.